The summed E-state index contributed by atoms with van der Waals surface area (Å²) in [5.74, 6) is -0.317. The maximum atomic E-state index is 13.8. The Labute approximate surface area is 241 Å². The molecule has 1 N–H and O–H groups in total. The minimum absolute atomic E-state index is 0.0267. The summed E-state index contributed by atoms with van der Waals surface area (Å²) < 4.78 is 11.7. The number of carbonyl (C=O) groups excluding carboxylic acids is 2. The van der Waals surface area contributed by atoms with E-state index in [-0.39, 0.29) is 48.2 Å². The van der Waals surface area contributed by atoms with Crippen LogP contribution >= 0.6 is 15.9 Å². The van der Waals surface area contributed by atoms with Crippen LogP contribution in [0.3, 0.4) is 0 Å². The molecule has 0 spiro atoms. The van der Waals surface area contributed by atoms with E-state index in [0.29, 0.717) is 6.42 Å². The Bertz CT molecular complexity index is 1330. The third kappa shape index (κ3) is 7.81. The number of carbonyl (C=O) groups is 2. The lowest BCUT2D eigenvalue weighted by Crippen LogP contribution is -2.53. The molecule has 40 heavy (non-hydrogen) atoms. The summed E-state index contributed by atoms with van der Waals surface area (Å²) in [7, 11) is 1.33. The first-order valence-corrected chi connectivity index (χ1v) is 14.0. The Kier molecular flexibility index (Phi) is 10.1. The van der Waals surface area contributed by atoms with Gasteiger partial charge in [-0.2, -0.15) is 0 Å². The monoisotopic (exact) mass is 609 g/mol. The highest BCUT2D eigenvalue weighted by molar-refractivity contribution is 9.10. The highest BCUT2D eigenvalue weighted by Crippen LogP contribution is 2.31. The van der Waals surface area contributed by atoms with Crippen molar-refractivity contribution in [2.75, 3.05) is 13.7 Å². The fraction of sp³-hybridized carbons (Fsp3) is 0.333. The van der Waals surface area contributed by atoms with Crippen molar-refractivity contribution in [2.45, 2.75) is 50.7 Å². The van der Waals surface area contributed by atoms with E-state index in [9.17, 15) is 19.7 Å². The number of nitro groups is 1. The topological polar surface area (TPSA) is 111 Å². The minimum atomic E-state index is -0.774. The fourth-order valence-corrected chi connectivity index (χ4v) is 5.33. The first-order chi connectivity index (χ1) is 19.3. The summed E-state index contributed by atoms with van der Waals surface area (Å²) in [4.78, 5) is 39.8. The second-order valence-electron chi connectivity index (χ2n) is 9.73. The van der Waals surface area contributed by atoms with Crippen LogP contribution in [0, 0.1) is 10.1 Å². The van der Waals surface area contributed by atoms with Crippen molar-refractivity contribution >= 4 is 33.4 Å². The molecule has 3 aromatic rings. The van der Waals surface area contributed by atoms with E-state index in [0.717, 1.165) is 41.3 Å². The summed E-state index contributed by atoms with van der Waals surface area (Å²) in [5.41, 5.74) is 1.58. The largest absolute Gasteiger partial charge is 0.490 e. The van der Waals surface area contributed by atoms with E-state index in [1.54, 1.807) is 4.90 Å². The van der Waals surface area contributed by atoms with Crippen molar-refractivity contribution in [3.05, 3.63) is 98.5 Å². The van der Waals surface area contributed by atoms with Crippen LogP contribution in [0.2, 0.25) is 0 Å². The molecule has 1 aliphatic rings. The average molecular weight is 611 g/mol. The van der Waals surface area contributed by atoms with E-state index in [1.165, 1.54) is 25.3 Å². The molecule has 1 saturated carbocycles. The Hall–Kier alpha value is -3.92. The fourth-order valence-electron chi connectivity index (χ4n) is 4.88. The van der Waals surface area contributed by atoms with Gasteiger partial charge in [0.2, 0.25) is 11.7 Å². The molecule has 10 heteroatoms. The second-order valence-corrected chi connectivity index (χ2v) is 10.6. The van der Waals surface area contributed by atoms with Gasteiger partial charge in [0.1, 0.15) is 11.8 Å². The number of nitrogens with one attached hydrogen (secondary N) is 1. The number of nitrogens with zero attached hydrogens (tertiary/aromatic N) is 2. The van der Waals surface area contributed by atoms with Gasteiger partial charge in [0.25, 0.3) is 5.91 Å². The summed E-state index contributed by atoms with van der Waals surface area (Å²) in [6.07, 6.45) is 4.33. The summed E-state index contributed by atoms with van der Waals surface area (Å²) in [6.45, 7) is -0.169. The second kappa shape index (κ2) is 13.9. The van der Waals surface area contributed by atoms with E-state index in [1.807, 2.05) is 54.6 Å². The van der Waals surface area contributed by atoms with Crippen molar-refractivity contribution in [2.24, 2.45) is 0 Å². The van der Waals surface area contributed by atoms with Gasteiger partial charge in [0, 0.05) is 35.6 Å². The van der Waals surface area contributed by atoms with Crippen LogP contribution in [0.15, 0.2) is 77.3 Å². The molecule has 2 amide bonds. The van der Waals surface area contributed by atoms with Crippen LogP contribution in [0.5, 0.6) is 11.5 Å². The Morgan fingerprint density at radius 3 is 2.45 bits per heavy atom. The maximum absolute atomic E-state index is 13.8. The third-order valence-electron chi connectivity index (χ3n) is 6.92. The van der Waals surface area contributed by atoms with E-state index in [2.05, 4.69) is 21.2 Å². The van der Waals surface area contributed by atoms with Crippen LogP contribution in [-0.2, 0) is 22.6 Å². The zero-order valence-electron chi connectivity index (χ0n) is 22.3. The maximum Gasteiger partial charge on any atom is 0.311 e. The van der Waals surface area contributed by atoms with Gasteiger partial charge in [-0.1, -0.05) is 71.2 Å². The molecule has 0 radical (unpaired) electrons. The standard InChI is InChI=1S/C30H32BrN3O6/c1-39-28-18-25(14-15-26(28)34(37)38)40-20-29(35)33(19-22-10-7-11-23(31)16-22)27(17-21-8-3-2-4-9-21)30(36)32-24-12-5-6-13-24/h2-4,7-11,14-16,18,24,27H,5-6,12-13,17,19-20H2,1H3,(H,32,36)/t27-/m0/s1. The molecule has 0 heterocycles. The van der Waals surface area contributed by atoms with Crippen molar-refractivity contribution in [3.63, 3.8) is 0 Å². The van der Waals surface area contributed by atoms with Gasteiger partial charge in [0.15, 0.2) is 6.61 Å². The quantitative estimate of drug-likeness (QED) is 0.216. The van der Waals surface area contributed by atoms with Gasteiger partial charge >= 0.3 is 5.69 Å². The van der Waals surface area contributed by atoms with Gasteiger partial charge in [-0.15, -0.1) is 0 Å². The minimum Gasteiger partial charge on any atom is -0.490 e. The SMILES string of the molecule is COc1cc(OCC(=O)N(Cc2cccc(Br)c2)[C@@H](Cc2ccccc2)C(=O)NC2CCCC2)ccc1[N+](=O)[O-]. The Morgan fingerprint density at radius 1 is 1.05 bits per heavy atom. The molecule has 1 fully saturated rings. The lowest BCUT2D eigenvalue weighted by atomic mass is 10.0. The number of ether oxygens (including phenoxy) is 2. The van der Waals surface area contributed by atoms with Gasteiger partial charge in [0.05, 0.1) is 12.0 Å². The molecule has 0 aromatic heterocycles. The molecule has 0 saturated heterocycles. The lowest BCUT2D eigenvalue weighted by Gasteiger charge is -2.32. The van der Waals surface area contributed by atoms with E-state index < -0.39 is 11.0 Å². The number of amides is 2. The summed E-state index contributed by atoms with van der Waals surface area (Å²) >= 11 is 3.49. The predicted molar refractivity (Wildman–Crippen MR) is 154 cm³/mol. The molecule has 0 unspecified atom stereocenters. The predicted octanol–water partition coefficient (Wildman–Crippen LogP) is 5.44. The van der Waals surface area contributed by atoms with E-state index in [4.69, 9.17) is 9.47 Å². The zero-order valence-corrected chi connectivity index (χ0v) is 23.8. The number of nitro benzene ring substituents is 1. The molecule has 9 nitrogen and oxygen atoms in total. The third-order valence-corrected chi connectivity index (χ3v) is 7.42. The highest BCUT2D eigenvalue weighted by Gasteiger charge is 2.32. The van der Waals surface area contributed by atoms with Gasteiger partial charge < -0.3 is 19.7 Å². The van der Waals surface area contributed by atoms with Crippen LogP contribution in [0.4, 0.5) is 5.69 Å². The number of rotatable bonds is 12. The first-order valence-electron chi connectivity index (χ1n) is 13.2. The number of hydrogen-bond donors (Lipinski definition) is 1. The van der Waals surface area contributed by atoms with Crippen LogP contribution in [0.1, 0.15) is 36.8 Å². The lowest BCUT2D eigenvalue weighted by molar-refractivity contribution is -0.385. The molecule has 1 aliphatic carbocycles. The van der Waals surface area contributed by atoms with Gasteiger partial charge in [-0.05, 0) is 42.2 Å². The smallest absolute Gasteiger partial charge is 0.311 e. The van der Waals surface area contributed by atoms with Crippen LogP contribution in [0.25, 0.3) is 0 Å². The number of halogens is 1. The number of benzene rings is 3. The highest BCUT2D eigenvalue weighted by atomic mass is 79.9. The molecule has 4 rings (SSSR count). The molecule has 0 bridgehead atoms. The van der Waals surface area contributed by atoms with Crippen LogP contribution < -0.4 is 14.8 Å². The molecular formula is C30H32BrN3O6. The van der Waals surface area contributed by atoms with Crippen molar-refractivity contribution < 1.29 is 24.0 Å². The Balaban J connectivity index is 1.61. The van der Waals surface area contributed by atoms with E-state index >= 15 is 0 Å². The normalized spacial score (nSPS) is 13.8. The number of hydrogen-bond acceptors (Lipinski definition) is 6. The average Bonchev–Trinajstić information content (AvgIpc) is 3.47. The molecule has 3 aromatic carbocycles. The van der Waals surface area contributed by atoms with Crippen molar-refractivity contribution in [1.29, 1.82) is 0 Å². The Morgan fingerprint density at radius 2 is 1.77 bits per heavy atom. The summed E-state index contributed by atoms with van der Waals surface area (Å²) in [6, 6.07) is 20.6. The first kappa shape index (κ1) is 29.1. The molecule has 210 valence electrons. The molecule has 1 atom stereocenters. The molecular weight excluding hydrogens is 578 g/mol. The van der Waals surface area contributed by atoms with Gasteiger partial charge in [-0.3, -0.25) is 19.7 Å². The molecule has 0 aliphatic heterocycles. The van der Waals surface area contributed by atoms with Crippen LogP contribution in [-0.4, -0.2) is 47.4 Å². The van der Waals surface area contributed by atoms with Crippen molar-refractivity contribution in [1.82, 2.24) is 10.2 Å². The van der Waals surface area contributed by atoms with Gasteiger partial charge in [-0.25, -0.2) is 0 Å². The van der Waals surface area contributed by atoms with Crippen molar-refractivity contribution in [3.8, 4) is 11.5 Å². The summed E-state index contributed by atoms with van der Waals surface area (Å²) in [5, 5.41) is 14.4. The number of methoxy groups -OCH3 is 1. The zero-order chi connectivity index (χ0) is 28.5.